The van der Waals surface area contributed by atoms with Gasteiger partial charge < -0.3 is 0 Å². The van der Waals surface area contributed by atoms with Crippen LogP contribution in [0.4, 0.5) is 0 Å². The van der Waals surface area contributed by atoms with E-state index < -0.39 is 0 Å². The van der Waals surface area contributed by atoms with Gasteiger partial charge in [-0.25, -0.2) is 9.97 Å². The van der Waals surface area contributed by atoms with Gasteiger partial charge in [0.1, 0.15) is 6.33 Å². The van der Waals surface area contributed by atoms with E-state index in [2.05, 4.69) is 9.97 Å². The summed E-state index contributed by atoms with van der Waals surface area (Å²) >= 11 is 12.4. The van der Waals surface area contributed by atoms with Gasteiger partial charge in [0.25, 0.3) is 0 Å². The second-order valence-corrected chi connectivity index (χ2v) is 5.52. The Morgan fingerprint density at radius 2 is 1.43 bits per heavy atom. The van der Waals surface area contributed by atoms with Crippen LogP contribution < -0.4 is 0 Å². The molecule has 0 aliphatic heterocycles. The maximum atomic E-state index is 6.38. The van der Waals surface area contributed by atoms with Crippen LogP contribution in [0.15, 0.2) is 67.3 Å². The van der Waals surface area contributed by atoms with Crippen molar-refractivity contribution in [3.63, 3.8) is 0 Å². The highest BCUT2D eigenvalue weighted by Crippen LogP contribution is 2.35. The fourth-order valence-electron chi connectivity index (χ4n) is 2.38. The lowest BCUT2D eigenvalue weighted by atomic mass is 9.86. The fourth-order valence-corrected chi connectivity index (χ4v) is 2.75. The first-order valence-electron chi connectivity index (χ1n) is 6.50. The summed E-state index contributed by atoms with van der Waals surface area (Å²) in [4.78, 5) is 8.25. The molecule has 2 nitrogen and oxygen atoms in total. The first-order valence-corrected chi connectivity index (χ1v) is 7.26. The van der Waals surface area contributed by atoms with Crippen LogP contribution in [0.1, 0.15) is 22.6 Å². The van der Waals surface area contributed by atoms with Crippen LogP contribution in [0.3, 0.4) is 0 Å². The summed E-state index contributed by atoms with van der Waals surface area (Å²) in [6.07, 6.45) is 5.15. The van der Waals surface area contributed by atoms with E-state index in [0.717, 1.165) is 21.7 Å². The zero-order valence-corrected chi connectivity index (χ0v) is 12.6. The third-order valence-corrected chi connectivity index (χ3v) is 3.93. The minimum atomic E-state index is -0.0165. The van der Waals surface area contributed by atoms with Gasteiger partial charge >= 0.3 is 0 Å². The lowest BCUT2D eigenvalue weighted by molar-refractivity contribution is 0.941. The number of halogens is 2. The number of hydrogen-bond donors (Lipinski definition) is 0. The second kappa shape index (κ2) is 6.25. The molecule has 1 atom stereocenters. The predicted octanol–water partition coefficient (Wildman–Crippen LogP) is 4.96. The molecule has 0 radical (unpaired) electrons. The number of aromatic nitrogens is 2. The molecule has 0 aliphatic carbocycles. The topological polar surface area (TPSA) is 25.8 Å². The van der Waals surface area contributed by atoms with Crippen LogP contribution in [0, 0.1) is 0 Å². The van der Waals surface area contributed by atoms with E-state index in [9.17, 15) is 0 Å². The van der Waals surface area contributed by atoms with E-state index in [1.165, 1.54) is 6.33 Å². The fraction of sp³-hybridized carbons (Fsp3) is 0.0588. The van der Waals surface area contributed by atoms with Crippen LogP contribution in [-0.4, -0.2) is 9.97 Å². The minimum absolute atomic E-state index is 0.0165. The van der Waals surface area contributed by atoms with Gasteiger partial charge in [0.15, 0.2) is 0 Å². The highest BCUT2D eigenvalue weighted by atomic mass is 35.5. The lowest BCUT2D eigenvalue weighted by Crippen LogP contribution is -2.05. The summed E-state index contributed by atoms with van der Waals surface area (Å²) in [5.74, 6) is -0.0165. The first-order chi connectivity index (χ1) is 10.3. The van der Waals surface area contributed by atoms with Crippen molar-refractivity contribution < 1.29 is 0 Å². The molecule has 0 bridgehead atoms. The summed E-state index contributed by atoms with van der Waals surface area (Å²) in [5, 5.41) is 1.43. The van der Waals surface area contributed by atoms with E-state index in [0.29, 0.717) is 5.02 Å². The number of rotatable bonds is 3. The largest absolute Gasteiger partial charge is 0.245 e. The molecule has 1 aromatic heterocycles. The van der Waals surface area contributed by atoms with E-state index in [-0.39, 0.29) is 5.92 Å². The minimum Gasteiger partial charge on any atom is -0.245 e. The summed E-state index contributed by atoms with van der Waals surface area (Å²) in [6, 6.07) is 15.6. The predicted molar refractivity (Wildman–Crippen MR) is 85.9 cm³/mol. The van der Waals surface area contributed by atoms with Crippen LogP contribution in [0.25, 0.3) is 0 Å². The van der Waals surface area contributed by atoms with E-state index in [4.69, 9.17) is 23.2 Å². The molecular formula is C17H12Cl2N2. The second-order valence-electron chi connectivity index (χ2n) is 4.68. The van der Waals surface area contributed by atoms with Crippen LogP contribution in [0.5, 0.6) is 0 Å². The smallest absolute Gasteiger partial charge is 0.115 e. The number of hydrogen-bond acceptors (Lipinski definition) is 2. The van der Waals surface area contributed by atoms with Crippen LogP contribution in [-0.2, 0) is 0 Å². The molecule has 0 N–H and O–H groups in total. The molecule has 0 spiro atoms. The molecule has 0 amide bonds. The first kappa shape index (κ1) is 14.1. The Kier molecular flexibility index (Phi) is 4.18. The van der Waals surface area contributed by atoms with Crippen molar-refractivity contribution in [2.45, 2.75) is 5.92 Å². The highest BCUT2D eigenvalue weighted by Gasteiger charge is 2.19. The zero-order valence-electron chi connectivity index (χ0n) is 11.1. The summed E-state index contributed by atoms with van der Waals surface area (Å²) in [7, 11) is 0. The van der Waals surface area contributed by atoms with Gasteiger partial charge in [-0.05, 0) is 29.3 Å². The highest BCUT2D eigenvalue weighted by molar-refractivity contribution is 6.31. The third kappa shape index (κ3) is 3.07. The SMILES string of the molecule is Clc1ccc([C@H](c2cncnc2)c2ccccc2Cl)cc1. The van der Waals surface area contributed by atoms with Crippen molar-refractivity contribution in [2.75, 3.05) is 0 Å². The Hall–Kier alpha value is -1.90. The molecule has 0 saturated carbocycles. The molecule has 2 aromatic carbocycles. The van der Waals surface area contributed by atoms with Crippen molar-refractivity contribution in [1.29, 1.82) is 0 Å². The number of benzene rings is 2. The molecule has 0 aliphatic rings. The Labute approximate surface area is 133 Å². The van der Waals surface area contributed by atoms with Gasteiger partial charge in [-0.2, -0.15) is 0 Å². The zero-order chi connectivity index (χ0) is 14.7. The maximum absolute atomic E-state index is 6.38. The Bertz CT molecular complexity index is 727. The summed E-state index contributed by atoms with van der Waals surface area (Å²) in [5.41, 5.74) is 3.12. The molecule has 0 fully saturated rings. The van der Waals surface area contributed by atoms with Crippen molar-refractivity contribution >= 4 is 23.2 Å². The van der Waals surface area contributed by atoms with Gasteiger partial charge in [0.05, 0.1) is 0 Å². The normalized spacial score (nSPS) is 12.1. The number of nitrogens with zero attached hydrogens (tertiary/aromatic N) is 2. The van der Waals surface area contributed by atoms with Gasteiger partial charge in [0.2, 0.25) is 0 Å². The average molecular weight is 315 g/mol. The van der Waals surface area contributed by atoms with Gasteiger partial charge in [-0.3, -0.25) is 0 Å². The standard InChI is InChI=1S/C17H12Cl2N2/c18-14-7-5-12(6-8-14)17(13-9-20-11-21-10-13)15-3-1-2-4-16(15)19/h1-11,17H/t17-/m1/s1. The average Bonchev–Trinajstić information content (AvgIpc) is 2.52. The Morgan fingerprint density at radius 1 is 0.762 bits per heavy atom. The molecule has 1 heterocycles. The van der Waals surface area contributed by atoms with Crippen molar-refractivity contribution in [2.24, 2.45) is 0 Å². The summed E-state index contributed by atoms with van der Waals surface area (Å²) < 4.78 is 0. The van der Waals surface area contributed by atoms with E-state index in [1.54, 1.807) is 0 Å². The lowest BCUT2D eigenvalue weighted by Gasteiger charge is -2.19. The van der Waals surface area contributed by atoms with Crippen molar-refractivity contribution in [3.8, 4) is 0 Å². The molecule has 4 heteroatoms. The quantitative estimate of drug-likeness (QED) is 0.682. The monoisotopic (exact) mass is 314 g/mol. The van der Waals surface area contributed by atoms with Crippen molar-refractivity contribution in [3.05, 3.63) is 94.0 Å². The van der Waals surface area contributed by atoms with E-state index in [1.807, 2.05) is 60.9 Å². The molecule has 0 unspecified atom stereocenters. The van der Waals surface area contributed by atoms with Gasteiger partial charge in [0, 0.05) is 33.9 Å². The molecular weight excluding hydrogens is 303 g/mol. The van der Waals surface area contributed by atoms with Crippen LogP contribution >= 0.6 is 23.2 Å². The molecule has 104 valence electrons. The molecule has 0 saturated heterocycles. The van der Waals surface area contributed by atoms with Crippen LogP contribution in [0.2, 0.25) is 10.0 Å². The third-order valence-electron chi connectivity index (χ3n) is 3.33. The molecule has 21 heavy (non-hydrogen) atoms. The Balaban J connectivity index is 2.16. The van der Waals surface area contributed by atoms with E-state index >= 15 is 0 Å². The van der Waals surface area contributed by atoms with Gasteiger partial charge in [-0.15, -0.1) is 0 Å². The van der Waals surface area contributed by atoms with Crippen molar-refractivity contribution in [1.82, 2.24) is 9.97 Å². The van der Waals surface area contributed by atoms with Gasteiger partial charge in [-0.1, -0.05) is 53.5 Å². The molecule has 3 aromatic rings. The maximum Gasteiger partial charge on any atom is 0.115 e. The summed E-state index contributed by atoms with van der Waals surface area (Å²) in [6.45, 7) is 0. The molecule has 3 rings (SSSR count). The Morgan fingerprint density at radius 3 is 2.10 bits per heavy atom.